The van der Waals surface area contributed by atoms with Crippen LogP contribution < -0.4 is 0 Å². The Labute approximate surface area is 110 Å². The average Bonchev–Trinajstić information content (AvgIpc) is 2.38. The molecule has 0 amide bonds. The predicted molar refractivity (Wildman–Crippen MR) is 78.4 cm³/mol. The number of azo groups is 1. The molecule has 4 heteroatoms. The maximum Gasteiger partial charge on any atom is 0.0858 e. The fraction of sp³-hybridized carbons (Fsp3) is 0.143. The van der Waals surface area contributed by atoms with Gasteiger partial charge < -0.3 is 0 Å². The number of hydrogen-bond acceptors (Lipinski definition) is 3. The Bertz CT molecular complexity index is 555. The molecule has 0 saturated carbocycles. The van der Waals surface area contributed by atoms with Crippen LogP contribution in [0.1, 0.15) is 0 Å². The van der Waals surface area contributed by atoms with Crippen LogP contribution in [-0.4, -0.2) is 12.5 Å². The van der Waals surface area contributed by atoms with Gasteiger partial charge in [-0.25, -0.2) is 4.36 Å². The van der Waals surface area contributed by atoms with Crippen molar-refractivity contribution in [2.75, 3.05) is 12.5 Å². The third kappa shape index (κ3) is 3.89. The SMILES string of the molecule is CS(C)=Nc1ccc(N=Nc2ccccc2)cc1. The fourth-order valence-corrected chi connectivity index (χ4v) is 1.94. The highest BCUT2D eigenvalue weighted by atomic mass is 32.2. The Morgan fingerprint density at radius 2 is 1.17 bits per heavy atom. The van der Waals surface area contributed by atoms with E-state index >= 15 is 0 Å². The van der Waals surface area contributed by atoms with Gasteiger partial charge in [0.2, 0.25) is 0 Å². The summed E-state index contributed by atoms with van der Waals surface area (Å²) in [6, 6.07) is 17.5. The van der Waals surface area contributed by atoms with Crippen LogP contribution in [0.5, 0.6) is 0 Å². The Morgan fingerprint density at radius 3 is 1.72 bits per heavy atom. The first-order chi connectivity index (χ1) is 8.74. The van der Waals surface area contributed by atoms with E-state index in [2.05, 4.69) is 27.1 Å². The van der Waals surface area contributed by atoms with Crippen molar-refractivity contribution in [2.45, 2.75) is 0 Å². The van der Waals surface area contributed by atoms with E-state index < -0.39 is 0 Å². The minimum atomic E-state index is 0.0644. The summed E-state index contributed by atoms with van der Waals surface area (Å²) in [4.78, 5) is 0. The van der Waals surface area contributed by atoms with Gasteiger partial charge in [-0.2, -0.15) is 10.2 Å². The second kappa shape index (κ2) is 6.21. The zero-order chi connectivity index (χ0) is 12.8. The van der Waals surface area contributed by atoms with Crippen LogP contribution in [0.4, 0.5) is 17.1 Å². The molecule has 18 heavy (non-hydrogen) atoms. The fourth-order valence-electron chi connectivity index (χ4n) is 1.40. The molecular formula is C14H15N3S. The maximum atomic E-state index is 4.47. The molecule has 0 unspecified atom stereocenters. The molecule has 0 aliphatic carbocycles. The van der Waals surface area contributed by atoms with E-state index in [-0.39, 0.29) is 10.7 Å². The van der Waals surface area contributed by atoms with E-state index in [1.807, 2.05) is 54.6 Å². The van der Waals surface area contributed by atoms with Crippen LogP contribution in [0.3, 0.4) is 0 Å². The third-order valence-corrected chi connectivity index (χ3v) is 2.75. The summed E-state index contributed by atoms with van der Waals surface area (Å²) in [5, 5.41) is 8.35. The predicted octanol–water partition coefficient (Wildman–Crippen LogP) is 4.80. The first-order valence-corrected chi connectivity index (χ1v) is 7.60. The molecule has 0 atom stereocenters. The zero-order valence-corrected chi connectivity index (χ0v) is 11.3. The van der Waals surface area contributed by atoms with Crippen molar-refractivity contribution in [1.29, 1.82) is 0 Å². The van der Waals surface area contributed by atoms with E-state index in [0.717, 1.165) is 17.1 Å². The van der Waals surface area contributed by atoms with Gasteiger partial charge in [-0.1, -0.05) is 18.2 Å². The monoisotopic (exact) mass is 257 g/mol. The third-order valence-electron chi connectivity index (χ3n) is 2.17. The topological polar surface area (TPSA) is 37.1 Å². The Hall–Kier alpha value is -1.81. The molecule has 0 spiro atoms. The molecule has 0 aromatic heterocycles. The van der Waals surface area contributed by atoms with Crippen LogP contribution >= 0.6 is 0 Å². The van der Waals surface area contributed by atoms with Crippen molar-refractivity contribution < 1.29 is 0 Å². The molecule has 0 saturated heterocycles. The van der Waals surface area contributed by atoms with Crippen LogP contribution in [0, 0.1) is 0 Å². The van der Waals surface area contributed by atoms with Crippen molar-refractivity contribution in [3.63, 3.8) is 0 Å². The Morgan fingerprint density at radius 1 is 0.667 bits per heavy atom. The summed E-state index contributed by atoms with van der Waals surface area (Å²) in [7, 11) is 0.0644. The molecule has 2 aromatic rings. The second-order valence-corrected chi connectivity index (χ2v) is 5.65. The minimum Gasteiger partial charge on any atom is -0.229 e. The van der Waals surface area contributed by atoms with E-state index in [0.29, 0.717) is 0 Å². The highest BCUT2D eigenvalue weighted by Gasteiger charge is 1.92. The van der Waals surface area contributed by atoms with Crippen LogP contribution in [-0.2, 0) is 10.7 Å². The number of nitrogens with zero attached hydrogens (tertiary/aromatic N) is 3. The van der Waals surface area contributed by atoms with E-state index in [4.69, 9.17) is 0 Å². The molecule has 0 aliphatic rings. The van der Waals surface area contributed by atoms with E-state index in [1.165, 1.54) is 0 Å². The Kier molecular flexibility index (Phi) is 4.36. The number of rotatable bonds is 3. The summed E-state index contributed by atoms with van der Waals surface area (Å²) < 4.78 is 4.47. The normalized spacial score (nSPS) is 11.1. The van der Waals surface area contributed by atoms with Crippen LogP contribution in [0.15, 0.2) is 69.2 Å². The Balaban J connectivity index is 2.11. The lowest BCUT2D eigenvalue weighted by molar-refractivity contribution is 1.23. The van der Waals surface area contributed by atoms with Gasteiger partial charge in [0.1, 0.15) is 0 Å². The molecule has 0 heterocycles. The summed E-state index contributed by atoms with van der Waals surface area (Å²) in [5.41, 5.74) is 2.68. The molecule has 0 N–H and O–H groups in total. The summed E-state index contributed by atoms with van der Waals surface area (Å²) in [5.74, 6) is 0. The van der Waals surface area contributed by atoms with Gasteiger partial charge >= 0.3 is 0 Å². The smallest absolute Gasteiger partial charge is 0.0858 e. The van der Waals surface area contributed by atoms with E-state index in [9.17, 15) is 0 Å². The van der Waals surface area contributed by atoms with Gasteiger partial charge in [0.05, 0.1) is 17.1 Å². The van der Waals surface area contributed by atoms with Gasteiger partial charge in [-0.05, 0) is 48.9 Å². The molecule has 0 aliphatic heterocycles. The van der Waals surface area contributed by atoms with E-state index in [1.54, 1.807) is 0 Å². The van der Waals surface area contributed by atoms with Crippen molar-refractivity contribution in [1.82, 2.24) is 0 Å². The van der Waals surface area contributed by atoms with Gasteiger partial charge in [0, 0.05) is 0 Å². The molecule has 92 valence electrons. The van der Waals surface area contributed by atoms with Gasteiger partial charge in [-0.15, -0.1) is 10.7 Å². The highest BCUT2D eigenvalue weighted by molar-refractivity contribution is 7.85. The van der Waals surface area contributed by atoms with Gasteiger partial charge in [0.25, 0.3) is 0 Å². The molecule has 0 bridgehead atoms. The minimum absolute atomic E-state index is 0.0644. The highest BCUT2D eigenvalue weighted by Crippen LogP contribution is 2.21. The van der Waals surface area contributed by atoms with Gasteiger partial charge in [0.15, 0.2) is 0 Å². The van der Waals surface area contributed by atoms with Crippen molar-refractivity contribution in [3.8, 4) is 0 Å². The molecule has 3 nitrogen and oxygen atoms in total. The first kappa shape index (κ1) is 12.6. The summed E-state index contributed by atoms with van der Waals surface area (Å²) in [6.07, 6.45) is 4.17. The summed E-state index contributed by atoms with van der Waals surface area (Å²) in [6.45, 7) is 0. The van der Waals surface area contributed by atoms with Crippen molar-refractivity contribution in [3.05, 3.63) is 54.6 Å². The zero-order valence-electron chi connectivity index (χ0n) is 10.4. The second-order valence-electron chi connectivity index (χ2n) is 3.92. The van der Waals surface area contributed by atoms with Crippen LogP contribution in [0.25, 0.3) is 0 Å². The molecule has 2 aromatic carbocycles. The largest absolute Gasteiger partial charge is 0.229 e. The lowest BCUT2D eigenvalue weighted by Crippen LogP contribution is -1.75. The van der Waals surface area contributed by atoms with Crippen molar-refractivity contribution in [2.24, 2.45) is 14.6 Å². The lowest BCUT2D eigenvalue weighted by atomic mass is 10.3. The van der Waals surface area contributed by atoms with Gasteiger partial charge in [-0.3, -0.25) is 0 Å². The summed E-state index contributed by atoms with van der Waals surface area (Å²) >= 11 is 0. The van der Waals surface area contributed by atoms with Crippen LogP contribution in [0.2, 0.25) is 0 Å². The quantitative estimate of drug-likeness (QED) is 0.709. The molecular weight excluding hydrogens is 242 g/mol. The average molecular weight is 257 g/mol. The first-order valence-electron chi connectivity index (χ1n) is 5.60. The molecule has 0 fully saturated rings. The molecule has 2 rings (SSSR count). The number of hydrogen-bond donors (Lipinski definition) is 0. The van der Waals surface area contributed by atoms with Crippen molar-refractivity contribution >= 4 is 27.8 Å². The lowest BCUT2D eigenvalue weighted by Gasteiger charge is -1.96. The molecule has 0 radical (unpaired) electrons. The standard InChI is InChI=1S/C14H15N3S/c1-18(2)17-14-10-8-13(9-11-14)16-15-12-6-4-3-5-7-12/h3-11H,1-2H3. The maximum absolute atomic E-state index is 4.47. The number of benzene rings is 2.